The smallest absolute Gasteiger partial charge is 0.374 e. The lowest BCUT2D eigenvalue weighted by molar-refractivity contribution is -0.956. The maximum absolute atomic E-state index is 6.84. The molecule has 39 heavy (non-hydrogen) atoms. The average Bonchev–Trinajstić information content (AvgIpc) is 3.50. The second-order valence-electron chi connectivity index (χ2n) is 10.9. The van der Waals surface area contributed by atoms with Gasteiger partial charge in [0.05, 0.1) is 17.0 Å². The molecule has 4 nitrogen and oxygen atoms in total. The lowest BCUT2D eigenvalue weighted by Crippen LogP contribution is -2.75. The summed E-state index contributed by atoms with van der Waals surface area (Å²) in [4.78, 5) is 0. The Balaban J connectivity index is 1.51. The number of para-hydroxylation sites is 1. The maximum atomic E-state index is 6.84. The SMILES string of the molecule is c1cc[n+]2c(c1)-n1c3ccccc3c3ccc4c(c31)C21c2c(ccc3c5ccccc5c5ccc[n+]1c5c23)O4. The Bertz CT molecular complexity index is 2490. The summed E-state index contributed by atoms with van der Waals surface area (Å²) < 4.78 is 14.3. The molecule has 1 spiro atoms. The van der Waals surface area contributed by atoms with Crippen LogP contribution in [0.5, 0.6) is 11.5 Å². The zero-order chi connectivity index (χ0) is 25.0. The van der Waals surface area contributed by atoms with Crippen LogP contribution in [-0.2, 0) is 5.66 Å². The van der Waals surface area contributed by atoms with Crippen LogP contribution in [0.4, 0.5) is 0 Å². The van der Waals surface area contributed by atoms with Crippen molar-refractivity contribution < 1.29 is 13.9 Å². The quantitative estimate of drug-likeness (QED) is 0.166. The molecule has 0 fully saturated rings. The first-order valence-electron chi connectivity index (χ1n) is 13.5. The van der Waals surface area contributed by atoms with E-state index in [0.717, 1.165) is 17.3 Å². The lowest BCUT2D eigenvalue weighted by atomic mass is 9.83. The molecule has 8 aromatic rings. The van der Waals surface area contributed by atoms with Crippen molar-refractivity contribution in [2.45, 2.75) is 5.66 Å². The second kappa shape index (κ2) is 5.92. The Morgan fingerprint density at radius 2 is 1.23 bits per heavy atom. The minimum absolute atomic E-state index is 0.609. The topological polar surface area (TPSA) is 21.9 Å². The number of benzene rings is 5. The molecule has 0 saturated carbocycles. The summed E-state index contributed by atoms with van der Waals surface area (Å²) in [7, 11) is 0. The first kappa shape index (κ1) is 18.9. The van der Waals surface area contributed by atoms with Crippen LogP contribution in [0, 0.1) is 0 Å². The number of fused-ring (bicyclic) bond motifs is 8. The van der Waals surface area contributed by atoms with Crippen LogP contribution >= 0.6 is 0 Å². The molecule has 0 saturated heterocycles. The van der Waals surface area contributed by atoms with Crippen LogP contribution in [-0.4, -0.2) is 4.57 Å². The number of nitrogens with zero attached hydrogens (tertiary/aromatic N) is 3. The molecule has 4 heteroatoms. The molecule has 11 rings (SSSR count). The van der Waals surface area contributed by atoms with Gasteiger partial charge in [-0.2, -0.15) is 9.13 Å². The van der Waals surface area contributed by atoms with E-state index in [2.05, 4.69) is 129 Å². The third kappa shape index (κ3) is 1.79. The van der Waals surface area contributed by atoms with Crippen molar-refractivity contribution in [1.29, 1.82) is 0 Å². The molecule has 3 aliphatic rings. The van der Waals surface area contributed by atoms with Gasteiger partial charge in [0.1, 0.15) is 22.6 Å². The number of pyridine rings is 2. The van der Waals surface area contributed by atoms with E-state index in [9.17, 15) is 0 Å². The van der Waals surface area contributed by atoms with E-state index in [1.165, 1.54) is 65.4 Å². The van der Waals surface area contributed by atoms with Crippen LogP contribution in [0.3, 0.4) is 0 Å². The first-order chi connectivity index (χ1) is 19.4. The molecule has 1 atom stereocenters. The predicted octanol–water partition coefficient (Wildman–Crippen LogP) is 6.85. The third-order valence-electron chi connectivity index (χ3n) is 9.39. The Labute approximate surface area is 222 Å². The highest BCUT2D eigenvalue weighted by Gasteiger charge is 2.66. The fraction of sp³-hybridized carbons (Fsp3) is 0.0286. The normalized spacial score (nSPS) is 17.5. The Morgan fingerprint density at radius 3 is 2.13 bits per heavy atom. The van der Waals surface area contributed by atoms with Crippen molar-refractivity contribution in [3.05, 3.63) is 127 Å². The van der Waals surface area contributed by atoms with Gasteiger partial charge in [-0.15, -0.1) is 4.57 Å². The van der Waals surface area contributed by atoms with Crippen LogP contribution in [0.25, 0.3) is 60.1 Å². The van der Waals surface area contributed by atoms with Gasteiger partial charge in [0.15, 0.2) is 17.3 Å². The van der Waals surface area contributed by atoms with Crippen molar-refractivity contribution in [3.63, 3.8) is 0 Å². The molecule has 0 radical (unpaired) electrons. The standard InChI is InChI=1S/C35H19N3O/c1-2-9-21-20(8-1)23-14-16-27-31-30(23)33-24(21)11-7-19-37(33)35(31)32-28(39-27)17-15-25-22-10-3-4-12-26(22)38(34(25)32)29-13-5-6-18-36(29)35/h1-19H/q+2. The van der Waals surface area contributed by atoms with Gasteiger partial charge in [-0.1, -0.05) is 42.5 Å². The third-order valence-corrected chi connectivity index (χ3v) is 9.39. The molecule has 3 aromatic heterocycles. The van der Waals surface area contributed by atoms with Gasteiger partial charge in [0.2, 0.25) is 5.52 Å². The van der Waals surface area contributed by atoms with Crippen molar-refractivity contribution in [3.8, 4) is 17.3 Å². The second-order valence-corrected chi connectivity index (χ2v) is 10.9. The zero-order valence-electron chi connectivity index (χ0n) is 20.7. The molecule has 0 bridgehead atoms. The summed E-state index contributed by atoms with van der Waals surface area (Å²) in [6.07, 6.45) is 4.53. The highest BCUT2D eigenvalue weighted by Crippen LogP contribution is 2.57. The molecule has 6 heterocycles. The van der Waals surface area contributed by atoms with Crippen molar-refractivity contribution in [1.82, 2.24) is 4.57 Å². The van der Waals surface area contributed by atoms with Gasteiger partial charge in [-0.05, 0) is 64.7 Å². The van der Waals surface area contributed by atoms with E-state index in [1.807, 2.05) is 0 Å². The summed E-state index contributed by atoms with van der Waals surface area (Å²) in [6, 6.07) is 37.5. The number of rotatable bonds is 0. The van der Waals surface area contributed by atoms with Gasteiger partial charge in [-0.25, -0.2) is 0 Å². The molecule has 0 amide bonds. The summed E-state index contributed by atoms with van der Waals surface area (Å²) in [5.74, 6) is 3.00. The Hall–Kier alpha value is -5.22. The van der Waals surface area contributed by atoms with Gasteiger partial charge >= 0.3 is 5.66 Å². The maximum Gasteiger partial charge on any atom is 0.374 e. The largest absolute Gasteiger partial charge is 0.456 e. The number of hydrogen-bond acceptors (Lipinski definition) is 1. The van der Waals surface area contributed by atoms with Crippen molar-refractivity contribution in [2.24, 2.45) is 0 Å². The number of ether oxygens (including phenoxy) is 1. The first-order valence-corrected chi connectivity index (χ1v) is 13.5. The van der Waals surface area contributed by atoms with E-state index in [0.29, 0.717) is 0 Å². The minimum atomic E-state index is -0.609. The summed E-state index contributed by atoms with van der Waals surface area (Å²) >= 11 is 0. The summed E-state index contributed by atoms with van der Waals surface area (Å²) in [5, 5.41) is 8.92. The molecule has 5 aromatic carbocycles. The van der Waals surface area contributed by atoms with Gasteiger partial charge in [0, 0.05) is 22.9 Å². The van der Waals surface area contributed by atoms with E-state index in [-0.39, 0.29) is 0 Å². The van der Waals surface area contributed by atoms with Gasteiger partial charge in [-0.3, -0.25) is 0 Å². The van der Waals surface area contributed by atoms with Crippen molar-refractivity contribution in [2.75, 3.05) is 0 Å². The molecule has 3 aliphatic heterocycles. The highest BCUT2D eigenvalue weighted by atomic mass is 16.5. The highest BCUT2D eigenvalue weighted by molar-refractivity contribution is 6.25. The molecule has 1 unspecified atom stereocenters. The average molecular weight is 498 g/mol. The van der Waals surface area contributed by atoms with Crippen LogP contribution < -0.4 is 13.9 Å². The van der Waals surface area contributed by atoms with Crippen molar-refractivity contribution >= 4 is 54.3 Å². The fourth-order valence-electron chi connectivity index (χ4n) is 8.12. The molecular weight excluding hydrogens is 478 g/mol. The summed E-state index contributed by atoms with van der Waals surface area (Å²) in [6.45, 7) is 0. The van der Waals surface area contributed by atoms with E-state index >= 15 is 0 Å². The Kier molecular flexibility index (Phi) is 2.87. The number of aromatic nitrogens is 3. The predicted molar refractivity (Wildman–Crippen MR) is 152 cm³/mol. The van der Waals surface area contributed by atoms with Crippen LogP contribution in [0.2, 0.25) is 0 Å². The van der Waals surface area contributed by atoms with Gasteiger partial charge in [0.25, 0.3) is 5.82 Å². The van der Waals surface area contributed by atoms with E-state index in [4.69, 9.17) is 4.74 Å². The zero-order valence-corrected chi connectivity index (χ0v) is 20.7. The summed E-state index contributed by atoms with van der Waals surface area (Å²) in [5.41, 5.74) is 5.53. The van der Waals surface area contributed by atoms with E-state index < -0.39 is 5.66 Å². The van der Waals surface area contributed by atoms with Crippen LogP contribution in [0.15, 0.2) is 116 Å². The molecular formula is C35H19N3O+2. The van der Waals surface area contributed by atoms with Crippen LogP contribution in [0.1, 0.15) is 11.1 Å². The lowest BCUT2D eigenvalue weighted by Gasteiger charge is -2.34. The molecule has 0 aliphatic carbocycles. The number of hydrogen-bond donors (Lipinski definition) is 0. The van der Waals surface area contributed by atoms with E-state index in [1.54, 1.807) is 0 Å². The molecule has 178 valence electrons. The molecule has 0 N–H and O–H groups in total. The monoisotopic (exact) mass is 497 g/mol. The van der Waals surface area contributed by atoms with Gasteiger partial charge < -0.3 is 4.74 Å². The fourth-order valence-corrected chi connectivity index (χ4v) is 8.12. The minimum Gasteiger partial charge on any atom is -0.456 e. The Morgan fingerprint density at radius 1 is 0.538 bits per heavy atom.